The first kappa shape index (κ1) is 22.2. The van der Waals surface area contributed by atoms with E-state index in [1.165, 1.54) is 0 Å². The summed E-state index contributed by atoms with van der Waals surface area (Å²) in [4.78, 5) is 18.4. The summed E-state index contributed by atoms with van der Waals surface area (Å²) in [5, 5.41) is 0.498. The SMILES string of the molecule is CCOC(=O)CN1CCc2nc(OCc3cccc(-c4ccccc4Cl)c3F)ccc2C1. The maximum absolute atomic E-state index is 15.1. The van der Waals surface area contributed by atoms with E-state index in [1.807, 2.05) is 23.1 Å². The highest BCUT2D eigenvalue weighted by Gasteiger charge is 2.21. The second-order valence-corrected chi connectivity index (χ2v) is 7.98. The zero-order chi connectivity index (χ0) is 22.5. The largest absolute Gasteiger partial charge is 0.473 e. The Morgan fingerprint density at radius 3 is 2.75 bits per heavy atom. The highest BCUT2D eigenvalue weighted by Crippen LogP contribution is 2.31. The lowest BCUT2D eigenvalue weighted by Crippen LogP contribution is -2.36. The molecule has 1 aliphatic heterocycles. The summed E-state index contributed by atoms with van der Waals surface area (Å²) in [6.07, 6.45) is 0.711. The van der Waals surface area contributed by atoms with Gasteiger partial charge in [0.2, 0.25) is 5.88 Å². The average molecular weight is 455 g/mol. The number of halogens is 2. The van der Waals surface area contributed by atoms with Crippen molar-refractivity contribution in [1.29, 1.82) is 0 Å². The van der Waals surface area contributed by atoms with Gasteiger partial charge < -0.3 is 9.47 Å². The van der Waals surface area contributed by atoms with Crippen LogP contribution in [-0.2, 0) is 29.1 Å². The predicted molar refractivity (Wildman–Crippen MR) is 121 cm³/mol. The first-order valence-corrected chi connectivity index (χ1v) is 10.9. The van der Waals surface area contributed by atoms with Gasteiger partial charge in [0.15, 0.2) is 0 Å². The number of ether oxygens (including phenoxy) is 2. The molecule has 0 aliphatic carbocycles. The maximum atomic E-state index is 15.1. The van der Waals surface area contributed by atoms with Gasteiger partial charge in [-0.25, -0.2) is 9.37 Å². The van der Waals surface area contributed by atoms with Gasteiger partial charge in [-0.15, -0.1) is 0 Å². The van der Waals surface area contributed by atoms with Gasteiger partial charge in [-0.1, -0.05) is 54.1 Å². The molecule has 1 aliphatic rings. The fraction of sp³-hybridized carbons (Fsp3) is 0.280. The Balaban J connectivity index is 1.43. The van der Waals surface area contributed by atoms with E-state index in [9.17, 15) is 4.79 Å². The molecule has 0 fully saturated rings. The Kier molecular flexibility index (Phi) is 7.02. The highest BCUT2D eigenvalue weighted by atomic mass is 35.5. The number of hydrogen-bond donors (Lipinski definition) is 0. The van der Waals surface area contributed by atoms with Crippen molar-refractivity contribution in [3.8, 4) is 17.0 Å². The van der Waals surface area contributed by atoms with E-state index in [4.69, 9.17) is 21.1 Å². The molecule has 166 valence electrons. The lowest BCUT2D eigenvalue weighted by molar-refractivity contribution is -0.144. The highest BCUT2D eigenvalue weighted by molar-refractivity contribution is 6.33. The van der Waals surface area contributed by atoms with Gasteiger partial charge in [-0.3, -0.25) is 9.69 Å². The minimum absolute atomic E-state index is 0.0604. The summed E-state index contributed by atoms with van der Waals surface area (Å²) in [5.41, 5.74) is 3.51. The van der Waals surface area contributed by atoms with Crippen molar-refractivity contribution in [2.45, 2.75) is 26.5 Å². The van der Waals surface area contributed by atoms with Crippen molar-refractivity contribution in [2.75, 3.05) is 19.7 Å². The van der Waals surface area contributed by atoms with E-state index in [1.54, 1.807) is 43.3 Å². The molecule has 32 heavy (non-hydrogen) atoms. The Labute approximate surface area is 191 Å². The van der Waals surface area contributed by atoms with Gasteiger partial charge in [-0.2, -0.15) is 0 Å². The van der Waals surface area contributed by atoms with Crippen LogP contribution in [0, 0.1) is 5.82 Å². The topological polar surface area (TPSA) is 51.7 Å². The monoisotopic (exact) mass is 454 g/mol. The van der Waals surface area contributed by atoms with Gasteiger partial charge in [0.1, 0.15) is 12.4 Å². The minimum atomic E-state index is -0.354. The minimum Gasteiger partial charge on any atom is -0.473 e. The molecular formula is C25H24ClFN2O3. The Bertz CT molecular complexity index is 1120. The maximum Gasteiger partial charge on any atom is 0.320 e. The number of nitrogens with zero attached hydrogens (tertiary/aromatic N) is 2. The molecule has 0 unspecified atom stereocenters. The zero-order valence-corrected chi connectivity index (χ0v) is 18.6. The fourth-order valence-corrected chi connectivity index (χ4v) is 4.03. The molecule has 0 saturated heterocycles. The quantitative estimate of drug-likeness (QED) is 0.468. The van der Waals surface area contributed by atoms with Crippen LogP contribution in [0.25, 0.3) is 11.1 Å². The number of esters is 1. The van der Waals surface area contributed by atoms with Crippen LogP contribution >= 0.6 is 11.6 Å². The van der Waals surface area contributed by atoms with Crippen molar-refractivity contribution in [3.63, 3.8) is 0 Å². The number of aromatic nitrogens is 1. The molecule has 2 heterocycles. The van der Waals surface area contributed by atoms with Crippen molar-refractivity contribution in [3.05, 3.63) is 82.3 Å². The summed E-state index contributed by atoms with van der Waals surface area (Å²) in [5.74, 6) is -0.122. The average Bonchev–Trinajstić information content (AvgIpc) is 2.79. The molecule has 0 N–H and O–H groups in total. The predicted octanol–water partition coefficient (Wildman–Crippen LogP) is 5.04. The van der Waals surface area contributed by atoms with Crippen LogP contribution in [0.15, 0.2) is 54.6 Å². The van der Waals surface area contributed by atoms with E-state index in [0.29, 0.717) is 47.2 Å². The molecule has 0 bridgehead atoms. The Morgan fingerprint density at radius 1 is 1.12 bits per heavy atom. The third-order valence-corrected chi connectivity index (χ3v) is 5.71. The Morgan fingerprint density at radius 2 is 1.94 bits per heavy atom. The number of carbonyl (C=O) groups is 1. The number of carbonyl (C=O) groups excluding carboxylic acids is 1. The molecule has 0 saturated carbocycles. The summed E-state index contributed by atoms with van der Waals surface area (Å²) in [6, 6.07) is 16.1. The number of fused-ring (bicyclic) bond motifs is 1. The molecule has 5 nitrogen and oxygen atoms in total. The molecule has 0 amide bonds. The van der Waals surface area contributed by atoms with Crippen molar-refractivity contribution in [1.82, 2.24) is 9.88 Å². The standard InChI is InChI=1S/C25H24ClFN2O3/c1-2-31-24(30)15-29-13-12-22-17(14-29)10-11-23(28-22)32-16-18-6-5-8-20(25(18)27)19-7-3-4-9-21(19)26/h3-11H,2,12-16H2,1H3. The van der Waals surface area contributed by atoms with Gasteiger partial charge in [0, 0.05) is 47.3 Å². The number of hydrogen-bond acceptors (Lipinski definition) is 5. The van der Waals surface area contributed by atoms with E-state index in [0.717, 1.165) is 17.8 Å². The van der Waals surface area contributed by atoms with Gasteiger partial charge in [-0.05, 0) is 18.6 Å². The second-order valence-electron chi connectivity index (χ2n) is 7.57. The molecule has 0 atom stereocenters. The second kappa shape index (κ2) is 10.1. The van der Waals surface area contributed by atoms with Crippen LogP contribution in [0.3, 0.4) is 0 Å². The van der Waals surface area contributed by atoms with Crippen LogP contribution < -0.4 is 4.74 Å². The summed E-state index contributed by atoms with van der Waals surface area (Å²) < 4.78 is 25.9. The van der Waals surface area contributed by atoms with Crippen molar-refractivity contribution >= 4 is 17.6 Å². The first-order chi connectivity index (χ1) is 15.5. The van der Waals surface area contributed by atoms with E-state index in [-0.39, 0.29) is 24.9 Å². The third-order valence-electron chi connectivity index (χ3n) is 5.38. The molecule has 4 rings (SSSR count). The zero-order valence-electron chi connectivity index (χ0n) is 17.8. The van der Waals surface area contributed by atoms with E-state index in [2.05, 4.69) is 4.98 Å². The summed E-state index contributed by atoms with van der Waals surface area (Å²) in [7, 11) is 0. The summed E-state index contributed by atoms with van der Waals surface area (Å²) in [6.45, 7) is 3.87. The van der Waals surface area contributed by atoms with Crippen LogP contribution in [0.1, 0.15) is 23.7 Å². The van der Waals surface area contributed by atoms with Crippen molar-refractivity contribution < 1.29 is 18.7 Å². The Hall–Kier alpha value is -2.96. The van der Waals surface area contributed by atoms with E-state index >= 15 is 4.39 Å². The number of pyridine rings is 1. The summed E-state index contributed by atoms with van der Waals surface area (Å²) >= 11 is 6.24. The van der Waals surface area contributed by atoms with Crippen LogP contribution in [0.5, 0.6) is 5.88 Å². The smallest absolute Gasteiger partial charge is 0.320 e. The molecule has 0 radical (unpaired) electrons. The first-order valence-electron chi connectivity index (χ1n) is 10.6. The molecule has 1 aromatic heterocycles. The van der Waals surface area contributed by atoms with E-state index < -0.39 is 0 Å². The lowest BCUT2D eigenvalue weighted by Gasteiger charge is -2.27. The fourth-order valence-electron chi connectivity index (χ4n) is 3.79. The number of rotatable bonds is 7. The van der Waals surface area contributed by atoms with Crippen LogP contribution in [0.2, 0.25) is 5.02 Å². The molecule has 7 heteroatoms. The molecular weight excluding hydrogens is 431 g/mol. The van der Waals surface area contributed by atoms with Gasteiger partial charge in [0.05, 0.1) is 18.8 Å². The normalized spacial score (nSPS) is 13.5. The third kappa shape index (κ3) is 5.09. The van der Waals surface area contributed by atoms with Gasteiger partial charge >= 0.3 is 5.97 Å². The molecule has 2 aromatic carbocycles. The van der Waals surface area contributed by atoms with Crippen LogP contribution in [-0.4, -0.2) is 35.5 Å². The molecule has 3 aromatic rings. The number of benzene rings is 2. The molecule has 0 spiro atoms. The van der Waals surface area contributed by atoms with Gasteiger partial charge in [0.25, 0.3) is 0 Å². The lowest BCUT2D eigenvalue weighted by atomic mass is 10.0. The van der Waals surface area contributed by atoms with Crippen LogP contribution in [0.4, 0.5) is 4.39 Å². The van der Waals surface area contributed by atoms with Crippen molar-refractivity contribution in [2.24, 2.45) is 0 Å².